The Bertz CT molecular complexity index is 622. The molecule has 1 aromatic rings. The van der Waals surface area contributed by atoms with E-state index in [2.05, 4.69) is 26.9 Å². The van der Waals surface area contributed by atoms with E-state index in [1.807, 2.05) is 0 Å². The Morgan fingerprint density at radius 1 is 1.30 bits per heavy atom. The van der Waals surface area contributed by atoms with Crippen LogP contribution in [-0.4, -0.2) is 85.0 Å². The summed E-state index contributed by atoms with van der Waals surface area (Å²) in [5, 5.41) is 8.39. The summed E-state index contributed by atoms with van der Waals surface area (Å²) in [5.41, 5.74) is 3.09. The minimum Gasteiger partial charge on any atom is -0.379 e. The van der Waals surface area contributed by atoms with Crippen molar-refractivity contribution in [1.82, 2.24) is 24.9 Å². The number of aryl methyl sites for hydroxylation is 1. The van der Waals surface area contributed by atoms with Crippen LogP contribution in [0, 0.1) is 0 Å². The van der Waals surface area contributed by atoms with Gasteiger partial charge < -0.3 is 15.0 Å². The first-order chi connectivity index (χ1) is 13.1. The molecule has 1 fully saturated rings. The Labute approximate surface area is 163 Å². The van der Waals surface area contributed by atoms with Crippen molar-refractivity contribution in [3.63, 3.8) is 0 Å². The van der Waals surface area contributed by atoms with Crippen molar-refractivity contribution in [2.75, 3.05) is 53.5 Å². The third-order valence-corrected chi connectivity index (χ3v) is 5.58. The van der Waals surface area contributed by atoms with Crippen LogP contribution in [0.25, 0.3) is 0 Å². The molecule has 1 saturated heterocycles. The summed E-state index contributed by atoms with van der Waals surface area (Å²) in [6, 6.07) is 0.440. The minimum absolute atomic E-state index is 0.0223. The molecule has 27 heavy (non-hydrogen) atoms. The monoisotopic (exact) mass is 377 g/mol. The van der Waals surface area contributed by atoms with Crippen molar-refractivity contribution in [2.45, 2.75) is 51.6 Å². The number of hydrogen-bond donors (Lipinski definition) is 1. The number of fused-ring (bicyclic) bond motifs is 1. The minimum atomic E-state index is 0.0223. The number of hydrogen-bond acceptors (Lipinski definition) is 5. The van der Waals surface area contributed by atoms with Crippen LogP contribution in [0.15, 0.2) is 0 Å². The Hall–Kier alpha value is -1.44. The largest absolute Gasteiger partial charge is 0.379 e. The van der Waals surface area contributed by atoms with Crippen LogP contribution in [-0.2, 0) is 24.1 Å². The number of nitrogens with zero attached hydrogens (tertiary/aromatic N) is 4. The molecule has 1 atom stereocenters. The fourth-order valence-corrected chi connectivity index (χ4v) is 4.08. The maximum atomic E-state index is 12.6. The zero-order valence-electron chi connectivity index (χ0n) is 17.2. The first-order valence-corrected chi connectivity index (χ1v) is 10.4. The average Bonchev–Trinajstić information content (AvgIpc) is 3.03. The van der Waals surface area contributed by atoms with Gasteiger partial charge in [0.1, 0.15) is 0 Å². The van der Waals surface area contributed by atoms with Gasteiger partial charge >= 0.3 is 0 Å². The van der Waals surface area contributed by atoms with Crippen molar-refractivity contribution in [3.8, 4) is 0 Å². The van der Waals surface area contributed by atoms with Crippen LogP contribution in [0.4, 0.5) is 0 Å². The van der Waals surface area contributed by atoms with Crippen molar-refractivity contribution in [3.05, 3.63) is 17.0 Å². The smallest absolute Gasteiger partial charge is 0.274 e. The lowest BCUT2D eigenvalue weighted by Crippen LogP contribution is -2.40. The number of morpholine rings is 1. The highest BCUT2D eigenvalue weighted by atomic mass is 16.5. The van der Waals surface area contributed by atoms with Gasteiger partial charge in [-0.3, -0.25) is 14.4 Å². The molecule has 2 heterocycles. The third kappa shape index (κ3) is 5.09. The van der Waals surface area contributed by atoms with Crippen LogP contribution in [0.1, 0.15) is 47.9 Å². The summed E-state index contributed by atoms with van der Waals surface area (Å²) in [6.45, 7) is 9.04. The molecule has 7 heteroatoms. The number of rotatable bonds is 8. The van der Waals surface area contributed by atoms with E-state index in [0.717, 1.165) is 78.0 Å². The summed E-state index contributed by atoms with van der Waals surface area (Å²) < 4.78 is 7.47. The lowest BCUT2D eigenvalue weighted by atomic mass is 9.91. The quantitative estimate of drug-likeness (QED) is 0.689. The molecule has 7 nitrogen and oxygen atoms in total. The standard InChI is InChI=1S/C20H35N5O2/c1-4-9-25-18-7-6-16(15-17(18)19(22-25)20(26)23(2)3)21-8-5-10-24-11-13-27-14-12-24/h16,21H,4-15H2,1-3H3. The fraction of sp³-hybridized carbons (Fsp3) is 0.800. The fourth-order valence-electron chi connectivity index (χ4n) is 4.08. The molecule has 1 aliphatic carbocycles. The first-order valence-electron chi connectivity index (χ1n) is 10.4. The van der Waals surface area contributed by atoms with E-state index >= 15 is 0 Å². The van der Waals surface area contributed by atoms with E-state index in [9.17, 15) is 4.79 Å². The van der Waals surface area contributed by atoms with Gasteiger partial charge in [0.15, 0.2) is 5.69 Å². The zero-order chi connectivity index (χ0) is 19.2. The van der Waals surface area contributed by atoms with E-state index in [1.165, 1.54) is 11.3 Å². The highest BCUT2D eigenvalue weighted by Crippen LogP contribution is 2.26. The number of nitrogens with one attached hydrogen (secondary N) is 1. The molecular formula is C20H35N5O2. The van der Waals surface area contributed by atoms with Crippen molar-refractivity contribution < 1.29 is 9.53 Å². The van der Waals surface area contributed by atoms with Gasteiger partial charge in [0.05, 0.1) is 13.2 Å². The molecule has 2 aliphatic rings. The average molecular weight is 378 g/mol. The summed E-state index contributed by atoms with van der Waals surface area (Å²) >= 11 is 0. The Kier molecular flexibility index (Phi) is 7.26. The molecule has 0 radical (unpaired) electrons. The summed E-state index contributed by atoms with van der Waals surface area (Å²) in [5.74, 6) is 0.0223. The Morgan fingerprint density at radius 2 is 2.07 bits per heavy atom. The molecule has 1 aliphatic heterocycles. The van der Waals surface area contributed by atoms with Crippen LogP contribution >= 0.6 is 0 Å². The van der Waals surface area contributed by atoms with Gasteiger partial charge in [0, 0.05) is 51.0 Å². The van der Waals surface area contributed by atoms with Crippen LogP contribution in [0.5, 0.6) is 0 Å². The highest BCUT2D eigenvalue weighted by Gasteiger charge is 2.29. The summed E-state index contributed by atoms with van der Waals surface area (Å²) in [4.78, 5) is 16.7. The molecule has 0 bridgehead atoms. The third-order valence-electron chi connectivity index (χ3n) is 5.58. The molecule has 0 spiro atoms. The van der Waals surface area contributed by atoms with Crippen LogP contribution < -0.4 is 5.32 Å². The summed E-state index contributed by atoms with van der Waals surface area (Å²) in [6.07, 6.45) is 5.22. The van der Waals surface area contributed by atoms with Crippen molar-refractivity contribution in [1.29, 1.82) is 0 Å². The van der Waals surface area contributed by atoms with Gasteiger partial charge in [-0.15, -0.1) is 0 Å². The van der Waals surface area contributed by atoms with E-state index in [0.29, 0.717) is 11.7 Å². The van der Waals surface area contributed by atoms with E-state index in [1.54, 1.807) is 19.0 Å². The van der Waals surface area contributed by atoms with Gasteiger partial charge in [-0.25, -0.2) is 0 Å². The van der Waals surface area contributed by atoms with Gasteiger partial charge in [0.25, 0.3) is 5.91 Å². The predicted octanol–water partition coefficient (Wildman–Crippen LogP) is 1.16. The van der Waals surface area contributed by atoms with Crippen LogP contribution in [0.2, 0.25) is 0 Å². The van der Waals surface area contributed by atoms with Gasteiger partial charge in [-0.05, 0) is 45.2 Å². The summed E-state index contributed by atoms with van der Waals surface area (Å²) in [7, 11) is 3.61. The lowest BCUT2D eigenvalue weighted by Gasteiger charge is -2.28. The van der Waals surface area contributed by atoms with Gasteiger partial charge in [-0.2, -0.15) is 5.10 Å². The molecule has 1 aromatic heterocycles. The Morgan fingerprint density at radius 3 is 2.78 bits per heavy atom. The molecule has 0 aromatic carbocycles. The Balaban J connectivity index is 1.56. The number of ether oxygens (including phenoxy) is 1. The van der Waals surface area contributed by atoms with Gasteiger partial charge in [-0.1, -0.05) is 6.92 Å². The van der Waals surface area contributed by atoms with Crippen LogP contribution in [0.3, 0.4) is 0 Å². The van der Waals surface area contributed by atoms with Crippen molar-refractivity contribution in [2.24, 2.45) is 0 Å². The second kappa shape index (κ2) is 9.66. The molecule has 0 saturated carbocycles. The maximum absolute atomic E-state index is 12.6. The maximum Gasteiger partial charge on any atom is 0.274 e. The second-order valence-corrected chi connectivity index (χ2v) is 7.90. The van der Waals surface area contributed by atoms with E-state index in [-0.39, 0.29) is 5.91 Å². The van der Waals surface area contributed by atoms with Crippen molar-refractivity contribution >= 4 is 5.91 Å². The lowest BCUT2D eigenvalue weighted by molar-refractivity contribution is 0.0373. The number of carbonyl (C=O) groups excluding carboxylic acids is 1. The topological polar surface area (TPSA) is 62.6 Å². The molecule has 1 unspecified atom stereocenters. The molecule has 1 amide bonds. The molecular weight excluding hydrogens is 342 g/mol. The zero-order valence-corrected chi connectivity index (χ0v) is 17.2. The predicted molar refractivity (Wildman–Crippen MR) is 106 cm³/mol. The second-order valence-electron chi connectivity index (χ2n) is 7.90. The number of aromatic nitrogens is 2. The number of carbonyl (C=O) groups is 1. The molecule has 152 valence electrons. The number of amides is 1. The molecule has 1 N–H and O–H groups in total. The highest BCUT2D eigenvalue weighted by molar-refractivity contribution is 5.93. The van der Waals surface area contributed by atoms with E-state index < -0.39 is 0 Å². The SMILES string of the molecule is CCCn1nc(C(=O)N(C)C)c2c1CCC(NCCCN1CCOCC1)C2. The van der Waals surface area contributed by atoms with E-state index in [4.69, 9.17) is 4.74 Å². The molecule has 3 rings (SSSR count). The van der Waals surface area contributed by atoms with Gasteiger partial charge in [0.2, 0.25) is 0 Å². The normalized spacial score (nSPS) is 20.5. The first kappa shape index (κ1) is 20.3.